The maximum Gasteiger partial charge on any atom is 0.289 e. The fourth-order valence-electron chi connectivity index (χ4n) is 3.37. The number of carbonyl (C=O) groups is 3. The van der Waals surface area contributed by atoms with Gasteiger partial charge in [0.25, 0.3) is 17.7 Å². The highest BCUT2D eigenvalue weighted by molar-refractivity contribution is 7.80. The molecule has 154 valence electrons. The highest BCUT2D eigenvalue weighted by Gasteiger charge is 2.35. The number of piperazine rings is 1. The number of hydrogen-bond donors (Lipinski definition) is 1. The molecule has 3 amide bonds. The Hall–Kier alpha value is -3.46. The van der Waals surface area contributed by atoms with Crippen molar-refractivity contribution in [3.63, 3.8) is 0 Å². The fourth-order valence-corrected chi connectivity index (χ4v) is 3.65. The van der Waals surface area contributed by atoms with Gasteiger partial charge in [-0.25, -0.2) is 0 Å². The molecule has 0 atom stereocenters. The summed E-state index contributed by atoms with van der Waals surface area (Å²) in [5.41, 5.74) is 1.65. The molecule has 0 aliphatic carbocycles. The van der Waals surface area contributed by atoms with E-state index in [0.717, 1.165) is 5.56 Å². The Kier molecular flexibility index (Phi) is 5.37. The third-order valence-electron chi connectivity index (χ3n) is 5.04. The van der Waals surface area contributed by atoms with Crippen molar-refractivity contribution < 1.29 is 18.8 Å². The molecule has 8 nitrogen and oxygen atoms in total. The van der Waals surface area contributed by atoms with Crippen molar-refractivity contribution >= 4 is 40.7 Å². The maximum atomic E-state index is 13.0. The third-order valence-corrected chi connectivity index (χ3v) is 5.32. The van der Waals surface area contributed by atoms with Crippen molar-refractivity contribution in [1.82, 2.24) is 15.1 Å². The van der Waals surface area contributed by atoms with Crippen LogP contribution in [-0.2, 0) is 9.59 Å². The second kappa shape index (κ2) is 8.11. The van der Waals surface area contributed by atoms with E-state index in [1.165, 1.54) is 11.2 Å². The molecule has 2 aliphatic rings. The van der Waals surface area contributed by atoms with Crippen LogP contribution < -0.4 is 10.2 Å². The van der Waals surface area contributed by atoms with Crippen LogP contribution in [0.5, 0.6) is 0 Å². The number of nitrogens with one attached hydrogen (secondary N) is 1. The van der Waals surface area contributed by atoms with Crippen molar-refractivity contribution in [3.05, 3.63) is 65.8 Å². The third kappa shape index (κ3) is 3.84. The van der Waals surface area contributed by atoms with Gasteiger partial charge >= 0.3 is 0 Å². The quantitative estimate of drug-likeness (QED) is 0.458. The molecule has 30 heavy (non-hydrogen) atoms. The number of hydrogen-bond acceptors (Lipinski definition) is 6. The SMILES string of the molecule is Cc1ccc(N2C(=O)/C(=C/N3CCN(C(=O)c4ccco4)CC3)C(=O)NC2=S)cc1. The molecular weight excluding hydrogens is 404 g/mol. The topological polar surface area (TPSA) is 86.1 Å². The summed E-state index contributed by atoms with van der Waals surface area (Å²) >= 11 is 5.22. The molecule has 0 spiro atoms. The minimum atomic E-state index is -0.526. The molecule has 0 bridgehead atoms. The molecule has 2 saturated heterocycles. The van der Waals surface area contributed by atoms with Crippen LogP contribution in [0.15, 0.2) is 58.9 Å². The van der Waals surface area contributed by atoms with E-state index in [1.807, 2.05) is 24.0 Å². The second-order valence-corrected chi connectivity index (χ2v) is 7.47. The molecule has 1 aromatic carbocycles. The first-order chi connectivity index (χ1) is 14.4. The van der Waals surface area contributed by atoms with Crippen LogP contribution in [0.25, 0.3) is 0 Å². The summed E-state index contributed by atoms with van der Waals surface area (Å²) in [6.45, 7) is 3.85. The lowest BCUT2D eigenvalue weighted by atomic mass is 10.1. The zero-order chi connectivity index (χ0) is 21.3. The van der Waals surface area contributed by atoms with E-state index in [4.69, 9.17) is 16.6 Å². The van der Waals surface area contributed by atoms with Gasteiger partial charge in [0.2, 0.25) is 0 Å². The van der Waals surface area contributed by atoms with Gasteiger partial charge < -0.3 is 14.2 Å². The van der Waals surface area contributed by atoms with Gasteiger partial charge in [-0.1, -0.05) is 17.7 Å². The molecule has 0 unspecified atom stereocenters. The van der Waals surface area contributed by atoms with Crippen LogP contribution in [0.3, 0.4) is 0 Å². The Morgan fingerprint density at radius 2 is 1.80 bits per heavy atom. The number of furan rings is 1. The van der Waals surface area contributed by atoms with Gasteiger partial charge in [-0.15, -0.1) is 0 Å². The molecule has 0 radical (unpaired) electrons. The molecule has 0 saturated carbocycles. The Morgan fingerprint density at radius 1 is 1.10 bits per heavy atom. The zero-order valence-electron chi connectivity index (χ0n) is 16.3. The van der Waals surface area contributed by atoms with Crippen molar-refractivity contribution in [2.45, 2.75) is 6.92 Å². The van der Waals surface area contributed by atoms with E-state index < -0.39 is 11.8 Å². The number of thiocarbonyl (C=S) groups is 1. The summed E-state index contributed by atoms with van der Waals surface area (Å²) < 4.78 is 5.16. The number of anilines is 1. The molecule has 9 heteroatoms. The Morgan fingerprint density at radius 3 is 2.43 bits per heavy atom. The summed E-state index contributed by atoms with van der Waals surface area (Å²) in [4.78, 5) is 42.7. The molecule has 1 aromatic heterocycles. The lowest BCUT2D eigenvalue weighted by Crippen LogP contribution is -2.55. The molecule has 4 rings (SSSR count). The molecule has 1 N–H and O–H groups in total. The zero-order valence-corrected chi connectivity index (χ0v) is 17.1. The predicted octanol–water partition coefficient (Wildman–Crippen LogP) is 1.68. The molecule has 2 fully saturated rings. The number of carbonyl (C=O) groups excluding carboxylic acids is 3. The van der Waals surface area contributed by atoms with E-state index in [2.05, 4.69) is 5.32 Å². The summed E-state index contributed by atoms with van der Waals surface area (Å²) in [5.74, 6) is -0.871. The predicted molar refractivity (Wildman–Crippen MR) is 114 cm³/mol. The lowest BCUT2D eigenvalue weighted by molar-refractivity contribution is -0.122. The van der Waals surface area contributed by atoms with Crippen LogP contribution in [0, 0.1) is 6.92 Å². The lowest BCUT2D eigenvalue weighted by Gasteiger charge is -2.35. The Balaban J connectivity index is 1.48. The van der Waals surface area contributed by atoms with Crippen molar-refractivity contribution in [2.24, 2.45) is 0 Å². The highest BCUT2D eigenvalue weighted by Crippen LogP contribution is 2.22. The van der Waals surface area contributed by atoms with E-state index >= 15 is 0 Å². The monoisotopic (exact) mass is 424 g/mol. The first-order valence-electron chi connectivity index (χ1n) is 9.49. The minimum absolute atomic E-state index is 0.00925. The first-order valence-corrected chi connectivity index (χ1v) is 9.90. The smallest absolute Gasteiger partial charge is 0.289 e. The van der Waals surface area contributed by atoms with Gasteiger partial charge in [0.15, 0.2) is 10.9 Å². The normalized spacial score (nSPS) is 18.8. The van der Waals surface area contributed by atoms with Crippen molar-refractivity contribution in [3.8, 4) is 0 Å². The van der Waals surface area contributed by atoms with Crippen LogP contribution in [-0.4, -0.2) is 58.8 Å². The van der Waals surface area contributed by atoms with Gasteiger partial charge in [0.05, 0.1) is 12.0 Å². The maximum absolute atomic E-state index is 13.0. The van der Waals surface area contributed by atoms with E-state index in [1.54, 1.807) is 35.4 Å². The largest absolute Gasteiger partial charge is 0.459 e. The fraction of sp³-hybridized carbons (Fsp3) is 0.238. The van der Waals surface area contributed by atoms with E-state index in [9.17, 15) is 14.4 Å². The van der Waals surface area contributed by atoms with Crippen molar-refractivity contribution in [1.29, 1.82) is 0 Å². The molecular formula is C21H20N4O4S. The van der Waals surface area contributed by atoms with Gasteiger partial charge in [-0.2, -0.15) is 0 Å². The second-order valence-electron chi connectivity index (χ2n) is 7.08. The summed E-state index contributed by atoms with van der Waals surface area (Å²) in [5, 5.41) is 2.64. The summed E-state index contributed by atoms with van der Waals surface area (Å²) in [6.07, 6.45) is 3.01. The number of aryl methyl sites for hydroxylation is 1. The van der Waals surface area contributed by atoms with Crippen LogP contribution in [0.4, 0.5) is 5.69 Å². The summed E-state index contributed by atoms with van der Waals surface area (Å²) in [7, 11) is 0. The average molecular weight is 424 g/mol. The van der Waals surface area contributed by atoms with Crippen LogP contribution in [0.2, 0.25) is 0 Å². The average Bonchev–Trinajstić information content (AvgIpc) is 3.27. The van der Waals surface area contributed by atoms with Gasteiger partial charge in [-0.3, -0.25) is 24.6 Å². The van der Waals surface area contributed by atoms with Crippen LogP contribution in [0.1, 0.15) is 16.1 Å². The number of nitrogens with zero attached hydrogens (tertiary/aromatic N) is 3. The van der Waals surface area contributed by atoms with E-state index in [-0.39, 0.29) is 16.6 Å². The van der Waals surface area contributed by atoms with Gasteiger partial charge in [0.1, 0.15) is 5.57 Å². The molecule has 2 aromatic rings. The number of rotatable bonds is 3. The summed E-state index contributed by atoms with van der Waals surface area (Å²) in [6, 6.07) is 10.6. The Labute approximate surface area is 178 Å². The molecule has 2 aliphatic heterocycles. The molecule has 3 heterocycles. The number of amides is 3. The first kappa shape index (κ1) is 19.8. The van der Waals surface area contributed by atoms with Crippen molar-refractivity contribution in [2.75, 3.05) is 31.1 Å². The van der Waals surface area contributed by atoms with Gasteiger partial charge in [-0.05, 0) is 43.4 Å². The Bertz CT molecular complexity index is 1020. The standard InChI is InChI=1S/C21H20N4O4S/c1-14-4-6-15(7-5-14)25-19(27)16(18(26)22-21(25)30)13-23-8-10-24(11-9-23)20(28)17-3-2-12-29-17/h2-7,12-13H,8-11H2,1H3,(H,22,26,30)/b16-13+. The van der Waals surface area contributed by atoms with E-state index in [0.29, 0.717) is 37.6 Å². The van der Waals surface area contributed by atoms with Gasteiger partial charge in [0, 0.05) is 32.4 Å². The minimum Gasteiger partial charge on any atom is -0.459 e. The van der Waals surface area contributed by atoms with Crippen LogP contribution >= 0.6 is 12.2 Å². The highest BCUT2D eigenvalue weighted by atomic mass is 32.1. The number of benzene rings is 1.